The van der Waals surface area contributed by atoms with E-state index in [4.69, 9.17) is 4.74 Å². The Morgan fingerprint density at radius 3 is 2.64 bits per heavy atom. The number of aliphatic hydroxyl groups excluding tert-OH is 1. The number of methoxy groups -OCH3 is 1. The molecule has 22 heavy (non-hydrogen) atoms. The van der Waals surface area contributed by atoms with Crippen LogP contribution in [0.5, 0.6) is 11.5 Å². The highest BCUT2D eigenvalue weighted by molar-refractivity contribution is 5.28. The van der Waals surface area contributed by atoms with E-state index in [0.29, 0.717) is 19.5 Å². The summed E-state index contributed by atoms with van der Waals surface area (Å²) in [4.78, 5) is 0. The lowest BCUT2D eigenvalue weighted by Gasteiger charge is -2.12. The van der Waals surface area contributed by atoms with Gasteiger partial charge in [0.15, 0.2) is 0 Å². The fourth-order valence-corrected chi connectivity index (χ4v) is 2.13. The van der Waals surface area contributed by atoms with E-state index in [-0.39, 0.29) is 5.75 Å². The average molecular weight is 300 g/mol. The van der Waals surface area contributed by atoms with Gasteiger partial charge in [-0.15, -0.1) is 0 Å². The van der Waals surface area contributed by atoms with E-state index < -0.39 is 6.10 Å². The van der Waals surface area contributed by atoms with E-state index in [1.54, 1.807) is 19.2 Å². The molecule has 2 aromatic rings. The Balaban J connectivity index is 1.69. The molecule has 0 aliphatic rings. The molecule has 4 heteroatoms. The van der Waals surface area contributed by atoms with Gasteiger partial charge < -0.3 is 20.3 Å². The summed E-state index contributed by atoms with van der Waals surface area (Å²) in [6.45, 7) is 1.18. The van der Waals surface area contributed by atoms with Gasteiger partial charge in [0.2, 0.25) is 0 Å². The molecule has 1 radical (unpaired) electrons. The maximum absolute atomic E-state index is 9.95. The average Bonchev–Trinajstić information content (AvgIpc) is 2.54. The van der Waals surface area contributed by atoms with Crippen LogP contribution in [0.15, 0.2) is 48.5 Å². The molecule has 0 bridgehead atoms. The first kappa shape index (κ1) is 16.3. The number of phenolic OH excluding ortho intramolecular Hbond substituents is 1. The molecular weight excluding hydrogens is 278 g/mol. The first-order valence-electron chi connectivity index (χ1n) is 7.30. The highest BCUT2D eigenvalue weighted by Gasteiger charge is 2.05. The number of hydrogen-bond donors (Lipinski definition) is 3. The van der Waals surface area contributed by atoms with Crippen LogP contribution in [0.4, 0.5) is 0 Å². The molecule has 4 nitrogen and oxygen atoms in total. The molecule has 0 aliphatic carbocycles. The molecular formula is C18H22NO3. The van der Waals surface area contributed by atoms with Crippen molar-refractivity contribution in [2.45, 2.75) is 19.1 Å². The molecule has 2 aromatic carbocycles. The molecule has 0 heterocycles. The molecule has 2 rings (SSSR count). The van der Waals surface area contributed by atoms with Crippen LogP contribution in [0.25, 0.3) is 0 Å². The second kappa shape index (κ2) is 8.41. The van der Waals surface area contributed by atoms with Crippen molar-refractivity contribution in [3.05, 3.63) is 66.1 Å². The molecule has 0 spiro atoms. The number of benzene rings is 2. The van der Waals surface area contributed by atoms with Gasteiger partial charge in [-0.25, -0.2) is 0 Å². The van der Waals surface area contributed by atoms with Crippen LogP contribution in [-0.2, 0) is 13.0 Å². The van der Waals surface area contributed by atoms with Gasteiger partial charge in [-0.05, 0) is 48.2 Å². The van der Waals surface area contributed by atoms with Crippen molar-refractivity contribution in [2.75, 3.05) is 13.7 Å². The van der Waals surface area contributed by atoms with Gasteiger partial charge in [0, 0.05) is 13.1 Å². The van der Waals surface area contributed by atoms with E-state index in [1.165, 1.54) is 0 Å². The van der Waals surface area contributed by atoms with Gasteiger partial charge in [-0.1, -0.05) is 24.3 Å². The molecule has 0 amide bonds. The Kier molecular flexibility index (Phi) is 6.25. The topological polar surface area (TPSA) is 61.7 Å². The van der Waals surface area contributed by atoms with Crippen LogP contribution in [-0.4, -0.2) is 30.0 Å². The smallest absolute Gasteiger partial charge is 0.119 e. The van der Waals surface area contributed by atoms with Crippen LogP contribution in [0.1, 0.15) is 11.1 Å². The van der Waals surface area contributed by atoms with Crippen molar-refractivity contribution in [3.8, 4) is 11.5 Å². The van der Waals surface area contributed by atoms with E-state index >= 15 is 0 Å². The zero-order valence-corrected chi connectivity index (χ0v) is 12.7. The zero-order chi connectivity index (χ0) is 15.8. The number of ether oxygens (including phenoxy) is 1. The van der Waals surface area contributed by atoms with Gasteiger partial charge in [-0.3, -0.25) is 0 Å². The highest BCUT2D eigenvalue weighted by atomic mass is 16.5. The van der Waals surface area contributed by atoms with Crippen LogP contribution in [0, 0.1) is 6.42 Å². The maximum Gasteiger partial charge on any atom is 0.119 e. The van der Waals surface area contributed by atoms with Crippen molar-refractivity contribution in [1.82, 2.24) is 5.32 Å². The Labute approximate surface area is 131 Å². The molecule has 1 unspecified atom stereocenters. The van der Waals surface area contributed by atoms with E-state index in [1.807, 2.05) is 42.8 Å². The fourth-order valence-electron chi connectivity index (χ4n) is 2.13. The van der Waals surface area contributed by atoms with Gasteiger partial charge >= 0.3 is 0 Å². The van der Waals surface area contributed by atoms with Crippen molar-refractivity contribution in [1.29, 1.82) is 0 Å². The lowest BCUT2D eigenvalue weighted by Crippen LogP contribution is -2.27. The monoisotopic (exact) mass is 300 g/mol. The maximum atomic E-state index is 9.95. The van der Waals surface area contributed by atoms with E-state index in [2.05, 4.69) is 5.32 Å². The summed E-state index contributed by atoms with van der Waals surface area (Å²) in [5, 5.41) is 22.4. The Morgan fingerprint density at radius 1 is 1.14 bits per heavy atom. The van der Waals surface area contributed by atoms with Gasteiger partial charge in [-0.2, -0.15) is 0 Å². The third-order valence-electron chi connectivity index (χ3n) is 3.38. The van der Waals surface area contributed by atoms with Crippen molar-refractivity contribution >= 4 is 0 Å². The summed E-state index contributed by atoms with van der Waals surface area (Å²) in [6, 6.07) is 14.8. The molecule has 0 fully saturated rings. The molecule has 0 saturated carbocycles. The third-order valence-corrected chi connectivity index (χ3v) is 3.38. The first-order chi connectivity index (χ1) is 10.7. The lowest BCUT2D eigenvalue weighted by atomic mass is 10.1. The molecule has 0 aromatic heterocycles. The minimum Gasteiger partial charge on any atom is -0.508 e. The number of aliphatic hydroxyl groups is 1. The summed E-state index contributed by atoms with van der Waals surface area (Å²) in [5.41, 5.74) is 2.18. The predicted octanol–water partition coefficient (Wildman–Crippen LogP) is 2.30. The highest BCUT2D eigenvalue weighted by Crippen LogP contribution is 2.13. The second-order valence-corrected chi connectivity index (χ2v) is 5.16. The molecule has 0 saturated heterocycles. The summed E-state index contributed by atoms with van der Waals surface area (Å²) < 4.78 is 5.18. The first-order valence-corrected chi connectivity index (χ1v) is 7.30. The molecule has 1 atom stereocenters. The standard InChI is InChI=1S/C18H22NO3/c1-22-18-4-2-3-15(11-18)12-19-13-17(21)10-7-14-5-8-16(20)9-6-14/h2-6,8-11,17,19-21H,7,12-13H2,1H3. The fraction of sp³-hybridized carbons (Fsp3) is 0.278. The Bertz CT molecular complexity index is 569. The van der Waals surface area contributed by atoms with Gasteiger partial charge in [0.05, 0.1) is 13.2 Å². The zero-order valence-electron chi connectivity index (χ0n) is 12.7. The summed E-state index contributed by atoms with van der Waals surface area (Å²) in [5.74, 6) is 1.09. The Hall–Kier alpha value is -2.04. The van der Waals surface area contributed by atoms with Gasteiger partial charge in [0.25, 0.3) is 0 Å². The Morgan fingerprint density at radius 2 is 1.91 bits per heavy atom. The largest absolute Gasteiger partial charge is 0.508 e. The summed E-state index contributed by atoms with van der Waals surface area (Å²) >= 11 is 0. The third kappa shape index (κ3) is 5.39. The van der Waals surface area contributed by atoms with Crippen LogP contribution in [0.3, 0.4) is 0 Å². The molecule has 3 N–H and O–H groups in total. The van der Waals surface area contributed by atoms with E-state index in [0.717, 1.165) is 16.9 Å². The van der Waals surface area contributed by atoms with Crippen molar-refractivity contribution in [3.63, 3.8) is 0 Å². The van der Waals surface area contributed by atoms with Crippen molar-refractivity contribution < 1.29 is 14.9 Å². The molecule has 0 aliphatic heterocycles. The normalized spacial score (nSPS) is 12.1. The number of rotatable bonds is 8. The SMILES string of the molecule is COc1cccc(CNCC(O)[CH]Cc2ccc(O)cc2)c1. The number of aromatic hydroxyl groups is 1. The van der Waals surface area contributed by atoms with Crippen LogP contribution in [0.2, 0.25) is 0 Å². The number of hydrogen-bond acceptors (Lipinski definition) is 4. The predicted molar refractivity (Wildman–Crippen MR) is 86.8 cm³/mol. The summed E-state index contributed by atoms with van der Waals surface area (Å²) in [7, 11) is 1.65. The number of nitrogens with one attached hydrogen (secondary N) is 1. The minimum absolute atomic E-state index is 0.254. The quantitative estimate of drug-likeness (QED) is 0.700. The number of phenols is 1. The van der Waals surface area contributed by atoms with Crippen LogP contribution >= 0.6 is 0 Å². The minimum atomic E-state index is -0.514. The lowest BCUT2D eigenvalue weighted by molar-refractivity contribution is 0.200. The second-order valence-electron chi connectivity index (χ2n) is 5.16. The summed E-state index contributed by atoms with van der Waals surface area (Å²) in [6.07, 6.45) is 2.01. The van der Waals surface area contributed by atoms with Crippen LogP contribution < -0.4 is 10.1 Å². The van der Waals surface area contributed by atoms with Gasteiger partial charge in [0.1, 0.15) is 11.5 Å². The van der Waals surface area contributed by atoms with E-state index in [9.17, 15) is 10.2 Å². The molecule has 117 valence electrons. The van der Waals surface area contributed by atoms with Crippen molar-refractivity contribution in [2.24, 2.45) is 0 Å².